The molecule has 0 spiro atoms. The molecule has 0 bridgehead atoms. The predicted octanol–water partition coefficient (Wildman–Crippen LogP) is 0.996. The van der Waals surface area contributed by atoms with Crippen LogP contribution in [0.3, 0.4) is 0 Å². The Morgan fingerprint density at radius 1 is 1.17 bits per heavy atom. The van der Waals surface area contributed by atoms with Gasteiger partial charge in [-0.25, -0.2) is 9.82 Å². The van der Waals surface area contributed by atoms with Crippen LogP contribution in [-0.4, -0.2) is 69.3 Å². The van der Waals surface area contributed by atoms with E-state index in [-0.39, 0.29) is 41.8 Å². The molecule has 0 aromatic heterocycles. The fourth-order valence-corrected chi connectivity index (χ4v) is 5.21. The zero-order valence-electron chi connectivity index (χ0n) is 19.9. The van der Waals surface area contributed by atoms with Crippen molar-refractivity contribution in [3.8, 4) is 5.75 Å². The number of hydrazine groups is 1. The van der Waals surface area contributed by atoms with Crippen molar-refractivity contribution in [3.05, 3.63) is 59.4 Å². The highest BCUT2D eigenvalue weighted by Crippen LogP contribution is 2.36. The smallest absolute Gasteiger partial charge is 0.252 e. The standard InChI is InChI=1S/C25H31FN6O3/c1-31-9-10-32(14-22(31)33)16-6-3-5-15(11-16)25(34)28-24-17-12-19(27-13-20(17)29-30-24)23-18(26)7-4-8-21(23)35-2/h3-8,11,17,19-20,24,27,29-30H,9-10,12-14H2,1-2H3,(H,28,34). The van der Waals surface area contributed by atoms with Crippen molar-refractivity contribution in [2.24, 2.45) is 5.92 Å². The molecule has 5 rings (SSSR count). The quantitative estimate of drug-likeness (QED) is 0.505. The van der Waals surface area contributed by atoms with Crippen LogP contribution in [0, 0.1) is 11.7 Å². The van der Waals surface area contributed by atoms with Crippen LogP contribution in [0.5, 0.6) is 5.75 Å². The third kappa shape index (κ3) is 4.69. The summed E-state index contributed by atoms with van der Waals surface area (Å²) in [5.74, 6) is 0.114. The Bertz CT molecular complexity index is 1110. The third-order valence-corrected chi connectivity index (χ3v) is 7.26. The number of halogens is 1. The van der Waals surface area contributed by atoms with Gasteiger partial charge in [0.15, 0.2) is 0 Å². The summed E-state index contributed by atoms with van der Waals surface area (Å²) in [6.45, 7) is 2.30. The number of piperidine rings is 1. The highest BCUT2D eigenvalue weighted by molar-refractivity contribution is 5.95. The number of rotatable bonds is 5. The van der Waals surface area contributed by atoms with Crippen molar-refractivity contribution >= 4 is 17.5 Å². The van der Waals surface area contributed by atoms with Crippen LogP contribution in [0.15, 0.2) is 42.5 Å². The van der Waals surface area contributed by atoms with Crippen LogP contribution in [0.4, 0.5) is 10.1 Å². The van der Waals surface area contributed by atoms with Gasteiger partial charge < -0.3 is 25.2 Å². The largest absolute Gasteiger partial charge is 0.496 e. The second-order valence-corrected chi connectivity index (χ2v) is 9.35. The number of benzene rings is 2. The minimum atomic E-state index is -0.316. The second-order valence-electron chi connectivity index (χ2n) is 9.35. The van der Waals surface area contributed by atoms with Crippen LogP contribution in [0.1, 0.15) is 28.4 Å². The highest BCUT2D eigenvalue weighted by atomic mass is 19.1. The molecule has 3 aliphatic rings. The minimum absolute atomic E-state index is 0.0490. The van der Waals surface area contributed by atoms with Crippen molar-refractivity contribution in [3.63, 3.8) is 0 Å². The number of likely N-dealkylation sites (N-methyl/N-ethyl adjacent to an activating group) is 1. The number of carbonyl (C=O) groups excluding carboxylic acids is 2. The Kier molecular flexibility index (Phi) is 6.59. The minimum Gasteiger partial charge on any atom is -0.496 e. The van der Waals surface area contributed by atoms with Gasteiger partial charge in [-0.2, -0.15) is 0 Å². The van der Waals surface area contributed by atoms with E-state index < -0.39 is 0 Å². The number of nitrogens with zero attached hydrogens (tertiary/aromatic N) is 2. The topological polar surface area (TPSA) is 98.0 Å². The van der Waals surface area contributed by atoms with E-state index >= 15 is 0 Å². The average molecular weight is 483 g/mol. The molecule has 3 aliphatic heterocycles. The van der Waals surface area contributed by atoms with E-state index in [1.165, 1.54) is 13.2 Å². The number of piperazine rings is 1. The molecule has 2 aromatic carbocycles. The first-order valence-electron chi connectivity index (χ1n) is 11.9. The molecule has 4 unspecified atom stereocenters. The molecule has 2 amide bonds. The number of hydrogen-bond acceptors (Lipinski definition) is 7. The van der Waals surface area contributed by atoms with Gasteiger partial charge in [-0.15, -0.1) is 0 Å². The normalized spacial score (nSPS) is 26.4. The second kappa shape index (κ2) is 9.80. The van der Waals surface area contributed by atoms with Crippen molar-refractivity contribution in [2.75, 3.05) is 45.2 Å². The Hall–Kier alpha value is -3.21. The van der Waals surface area contributed by atoms with Gasteiger partial charge in [0.1, 0.15) is 11.6 Å². The number of carbonyl (C=O) groups is 2. The van der Waals surface area contributed by atoms with Gasteiger partial charge in [-0.1, -0.05) is 12.1 Å². The zero-order chi connectivity index (χ0) is 24.5. The van der Waals surface area contributed by atoms with Crippen LogP contribution < -0.4 is 31.1 Å². The molecule has 9 nitrogen and oxygen atoms in total. The van der Waals surface area contributed by atoms with E-state index in [0.29, 0.717) is 42.9 Å². The van der Waals surface area contributed by atoms with Gasteiger partial charge in [-0.05, 0) is 36.8 Å². The van der Waals surface area contributed by atoms with Crippen molar-refractivity contribution in [1.29, 1.82) is 0 Å². The maximum atomic E-state index is 14.7. The van der Waals surface area contributed by atoms with E-state index in [1.54, 1.807) is 30.1 Å². The summed E-state index contributed by atoms with van der Waals surface area (Å²) >= 11 is 0. The Morgan fingerprint density at radius 3 is 2.80 bits per heavy atom. The number of methoxy groups -OCH3 is 1. The van der Waals surface area contributed by atoms with Crippen LogP contribution in [0.25, 0.3) is 0 Å². The summed E-state index contributed by atoms with van der Waals surface area (Å²) in [6, 6.07) is 12.0. The van der Waals surface area contributed by atoms with Crippen LogP contribution in [0.2, 0.25) is 0 Å². The first kappa shape index (κ1) is 23.5. The maximum Gasteiger partial charge on any atom is 0.252 e. The average Bonchev–Trinajstić information content (AvgIpc) is 3.27. The summed E-state index contributed by atoms with van der Waals surface area (Å²) in [5, 5.41) is 6.50. The molecule has 3 fully saturated rings. The molecule has 0 radical (unpaired) electrons. The van der Waals surface area contributed by atoms with Gasteiger partial charge in [0.2, 0.25) is 5.91 Å². The summed E-state index contributed by atoms with van der Waals surface area (Å²) in [4.78, 5) is 29.0. The molecule has 4 N–H and O–H groups in total. The molecule has 35 heavy (non-hydrogen) atoms. The van der Waals surface area contributed by atoms with Gasteiger partial charge in [0.25, 0.3) is 5.91 Å². The Balaban J connectivity index is 1.28. The van der Waals surface area contributed by atoms with Gasteiger partial charge in [0.05, 0.1) is 19.8 Å². The lowest BCUT2D eigenvalue weighted by atomic mass is 9.84. The summed E-state index contributed by atoms with van der Waals surface area (Å²) in [6.07, 6.45) is 0.305. The lowest BCUT2D eigenvalue weighted by molar-refractivity contribution is -0.129. The first-order valence-corrected chi connectivity index (χ1v) is 11.9. The fraction of sp³-hybridized carbons (Fsp3) is 0.440. The number of anilines is 1. The van der Waals surface area contributed by atoms with Crippen molar-refractivity contribution in [1.82, 2.24) is 26.4 Å². The van der Waals surface area contributed by atoms with Gasteiger partial charge in [-0.3, -0.25) is 15.0 Å². The molecule has 186 valence electrons. The molecule has 4 atom stereocenters. The molecule has 10 heteroatoms. The maximum absolute atomic E-state index is 14.7. The molecular weight excluding hydrogens is 451 g/mol. The summed E-state index contributed by atoms with van der Waals surface area (Å²) in [5.41, 5.74) is 8.34. The molecule has 3 heterocycles. The van der Waals surface area contributed by atoms with Crippen molar-refractivity contribution in [2.45, 2.75) is 24.7 Å². The Labute approximate surface area is 204 Å². The van der Waals surface area contributed by atoms with E-state index in [2.05, 4.69) is 21.5 Å². The van der Waals surface area contributed by atoms with E-state index in [9.17, 15) is 14.0 Å². The number of fused-ring (bicyclic) bond motifs is 1. The predicted molar refractivity (Wildman–Crippen MR) is 129 cm³/mol. The number of ether oxygens (including phenoxy) is 1. The van der Waals surface area contributed by atoms with Gasteiger partial charge >= 0.3 is 0 Å². The first-order chi connectivity index (χ1) is 16.9. The molecular formula is C25H31FN6O3. The van der Waals surface area contributed by atoms with Gasteiger partial charge in [0, 0.05) is 61.5 Å². The lowest BCUT2D eigenvalue weighted by Gasteiger charge is -2.35. The fourth-order valence-electron chi connectivity index (χ4n) is 5.21. The molecule has 3 saturated heterocycles. The number of nitrogens with one attached hydrogen (secondary N) is 4. The highest BCUT2D eigenvalue weighted by Gasteiger charge is 2.42. The van der Waals surface area contributed by atoms with E-state index in [4.69, 9.17) is 4.74 Å². The number of amides is 2. The zero-order valence-corrected chi connectivity index (χ0v) is 19.9. The molecule has 0 saturated carbocycles. The lowest BCUT2D eigenvalue weighted by Crippen LogP contribution is -2.50. The number of hydrogen-bond donors (Lipinski definition) is 4. The SMILES string of the molecule is COc1cccc(F)c1C1CC2C(CN1)NNC2NC(=O)c1cccc(N2CCN(C)C(=O)C2)c1. The molecule has 0 aliphatic carbocycles. The van der Waals surface area contributed by atoms with Crippen molar-refractivity contribution < 1.29 is 18.7 Å². The summed E-state index contributed by atoms with van der Waals surface area (Å²) < 4.78 is 20.1. The Morgan fingerprint density at radius 2 is 2.00 bits per heavy atom. The van der Waals surface area contributed by atoms with E-state index in [0.717, 1.165) is 12.2 Å². The third-order valence-electron chi connectivity index (χ3n) is 7.26. The monoisotopic (exact) mass is 482 g/mol. The van der Waals surface area contributed by atoms with Crippen LogP contribution >= 0.6 is 0 Å². The summed E-state index contributed by atoms with van der Waals surface area (Å²) in [7, 11) is 3.34. The molecule has 2 aromatic rings. The van der Waals surface area contributed by atoms with E-state index in [1.807, 2.05) is 23.1 Å². The van der Waals surface area contributed by atoms with Crippen LogP contribution in [-0.2, 0) is 4.79 Å².